The molecule has 1 aliphatic carbocycles. The molecule has 174 valence electrons. The number of ether oxygens (including phenoxy) is 1. The van der Waals surface area contributed by atoms with Crippen LogP contribution in [0, 0.1) is 5.92 Å². The van der Waals surface area contributed by atoms with Crippen molar-refractivity contribution in [2.45, 2.75) is 38.3 Å². The Bertz CT molecular complexity index is 1040. The molecule has 0 unspecified atom stereocenters. The predicted molar refractivity (Wildman–Crippen MR) is 127 cm³/mol. The number of piperidine rings is 1. The highest BCUT2D eigenvalue weighted by atomic mass is 35.5. The van der Waals surface area contributed by atoms with Gasteiger partial charge in [0.1, 0.15) is 12.6 Å². The minimum atomic E-state index is -0.414. The van der Waals surface area contributed by atoms with Gasteiger partial charge in [-0.1, -0.05) is 29.3 Å². The van der Waals surface area contributed by atoms with E-state index in [2.05, 4.69) is 9.88 Å². The van der Waals surface area contributed by atoms with Crippen LogP contribution in [0.1, 0.15) is 31.2 Å². The van der Waals surface area contributed by atoms with Crippen LogP contribution in [0.4, 0.5) is 10.5 Å². The fraction of sp³-hybridized carbons (Fsp3) is 0.458. The van der Waals surface area contributed by atoms with E-state index in [-0.39, 0.29) is 30.1 Å². The van der Waals surface area contributed by atoms with Crippen LogP contribution in [0.3, 0.4) is 0 Å². The van der Waals surface area contributed by atoms with Gasteiger partial charge < -0.3 is 14.5 Å². The third kappa shape index (κ3) is 5.26. The van der Waals surface area contributed by atoms with Gasteiger partial charge in [0.2, 0.25) is 5.88 Å². The Morgan fingerprint density at radius 1 is 1.03 bits per heavy atom. The molecule has 5 rings (SSSR count). The summed E-state index contributed by atoms with van der Waals surface area (Å²) in [5.74, 6) is 1.19. The van der Waals surface area contributed by atoms with Crippen molar-refractivity contribution in [2.24, 2.45) is 5.92 Å². The Balaban J connectivity index is 1.16. The van der Waals surface area contributed by atoms with Gasteiger partial charge in [0.25, 0.3) is 5.91 Å². The Labute approximate surface area is 203 Å². The molecular formula is C24H26Cl2N4O3. The van der Waals surface area contributed by atoms with Gasteiger partial charge in [0, 0.05) is 43.5 Å². The van der Waals surface area contributed by atoms with E-state index in [1.54, 1.807) is 18.3 Å². The number of anilines is 1. The van der Waals surface area contributed by atoms with Gasteiger partial charge in [-0.25, -0.2) is 14.7 Å². The van der Waals surface area contributed by atoms with Crippen LogP contribution >= 0.6 is 23.2 Å². The Kier molecular flexibility index (Phi) is 6.45. The largest absolute Gasteiger partial charge is 0.474 e. The summed E-state index contributed by atoms with van der Waals surface area (Å²) >= 11 is 12.1. The highest BCUT2D eigenvalue weighted by Crippen LogP contribution is 2.32. The predicted octanol–water partition coefficient (Wildman–Crippen LogP) is 4.61. The van der Waals surface area contributed by atoms with Gasteiger partial charge in [-0.05, 0) is 55.4 Å². The van der Waals surface area contributed by atoms with Crippen LogP contribution in [0.5, 0.6) is 5.88 Å². The molecule has 3 fully saturated rings. The summed E-state index contributed by atoms with van der Waals surface area (Å²) in [4.78, 5) is 34.9. The zero-order valence-electron chi connectivity index (χ0n) is 18.3. The van der Waals surface area contributed by atoms with Crippen molar-refractivity contribution in [1.29, 1.82) is 0 Å². The van der Waals surface area contributed by atoms with Crippen molar-refractivity contribution in [3.63, 3.8) is 0 Å². The summed E-state index contributed by atoms with van der Waals surface area (Å²) in [6.07, 6.45) is 6.70. The average Bonchev–Trinajstić information content (AvgIpc) is 3.57. The number of benzene rings is 1. The summed E-state index contributed by atoms with van der Waals surface area (Å²) < 4.78 is 6.08. The summed E-state index contributed by atoms with van der Waals surface area (Å²) in [6.45, 7) is 3.66. The van der Waals surface area contributed by atoms with E-state index in [0.29, 0.717) is 16.6 Å². The summed E-state index contributed by atoms with van der Waals surface area (Å²) in [7, 11) is 0. The van der Waals surface area contributed by atoms with Crippen LogP contribution in [-0.4, -0.2) is 59.0 Å². The first-order valence-electron chi connectivity index (χ1n) is 11.4. The minimum absolute atomic E-state index is 0.0184. The number of imide groups is 1. The lowest BCUT2D eigenvalue weighted by atomic mass is 10.1. The lowest BCUT2D eigenvalue weighted by molar-refractivity contribution is -0.116. The zero-order valence-corrected chi connectivity index (χ0v) is 19.8. The number of halogens is 2. The van der Waals surface area contributed by atoms with Gasteiger partial charge in [-0.2, -0.15) is 0 Å². The van der Waals surface area contributed by atoms with E-state index in [4.69, 9.17) is 27.9 Å². The molecule has 2 aromatic rings. The topological polar surface area (TPSA) is 66.0 Å². The number of hydrogen-bond acceptors (Lipinski definition) is 5. The molecule has 33 heavy (non-hydrogen) atoms. The maximum absolute atomic E-state index is 12.9. The maximum Gasteiger partial charge on any atom is 0.332 e. The first kappa shape index (κ1) is 22.4. The van der Waals surface area contributed by atoms with Gasteiger partial charge in [-0.3, -0.25) is 4.79 Å². The van der Waals surface area contributed by atoms with Crippen LogP contribution in [-0.2, 0) is 11.3 Å². The van der Waals surface area contributed by atoms with Crippen molar-refractivity contribution in [3.05, 3.63) is 52.1 Å². The number of hydrogen-bond donors (Lipinski definition) is 0. The SMILES string of the molecule is O=C1CN(Cc2ccc(OC3CCN(CC4CC4)CC3)nc2)C(=O)N1c1ccc(Cl)cc1Cl. The number of nitrogens with zero attached hydrogens (tertiary/aromatic N) is 4. The molecular weight excluding hydrogens is 463 g/mol. The Morgan fingerprint density at radius 2 is 1.82 bits per heavy atom. The van der Waals surface area contributed by atoms with Crippen molar-refractivity contribution in [2.75, 3.05) is 31.1 Å². The average molecular weight is 489 g/mol. The highest BCUT2D eigenvalue weighted by Gasteiger charge is 2.38. The molecule has 1 aromatic carbocycles. The van der Waals surface area contributed by atoms with Gasteiger partial charge in [-0.15, -0.1) is 0 Å². The number of amides is 3. The molecule has 0 N–H and O–H groups in total. The number of aromatic nitrogens is 1. The summed E-state index contributed by atoms with van der Waals surface area (Å²) in [5, 5.41) is 0.699. The molecule has 7 nitrogen and oxygen atoms in total. The smallest absolute Gasteiger partial charge is 0.332 e. The van der Waals surface area contributed by atoms with Gasteiger partial charge in [0.05, 0.1) is 10.7 Å². The molecule has 3 amide bonds. The fourth-order valence-corrected chi connectivity index (χ4v) is 4.91. The highest BCUT2D eigenvalue weighted by molar-refractivity contribution is 6.38. The number of carbonyl (C=O) groups is 2. The first-order chi connectivity index (χ1) is 16.0. The lowest BCUT2D eigenvalue weighted by Gasteiger charge is -2.31. The van der Waals surface area contributed by atoms with Crippen LogP contribution < -0.4 is 9.64 Å². The monoisotopic (exact) mass is 488 g/mol. The lowest BCUT2D eigenvalue weighted by Crippen LogP contribution is -2.39. The van der Waals surface area contributed by atoms with Crippen LogP contribution in [0.25, 0.3) is 0 Å². The molecule has 0 spiro atoms. The third-order valence-electron chi connectivity index (χ3n) is 6.39. The molecule has 2 aliphatic heterocycles. The molecule has 1 aromatic heterocycles. The number of pyridine rings is 1. The van der Waals surface area contributed by atoms with Crippen molar-refractivity contribution >= 4 is 40.8 Å². The van der Waals surface area contributed by atoms with Crippen molar-refractivity contribution in [1.82, 2.24) is 14.8 Å². The van der Waals surface area contributed by atoms with E-state index >= 15 is 0 Å². The van der Waals surface area contributed by atoms with Crippen LogP contribution in [0.15, 0.2) is 36.5 Å². The summed E-state index contributed by atoms with van der Waals surface area (Å²) in [6, 6.07) is 8.01. The molecule has 0 atom stereocenters. The molecule has 9 heteroatoms. The quantitative estimate of drug-likeness (QED) is 0.532. The van der Waals surface area contributed by atoms with E-state index in [9.17, 15) is 9.59 Å². The van der Waals surface area contributed by atoms with Gasteiger partial charge >= 0.3 is 6.03 Å². The van der Waals surface area contributed by atoms with E-state index < -0.39 is 6.03 Å². The molecule has 0 radical (unpaired) electrons. The Morgan fingerprint density at radius 3 is 2.48 bits per heavy atom. The molecule has 1 saturated carbocycles. The second-order valence-corrected chi connectivity index (χ2v) is 9.87. The molecule has 0 bridgehead atoms. The fourth-order valence-electron chi connectivity index (χ4n) is 4.41. The van der Waals surface area contributed by atoms with Crippen molar-refractivity contribution < 1.29 is 14.3 Å². The number of rotatable bonds is 7. The second-order valence-electron chi connectivity index (χ2n) is 9.03. The first-order valence-corrected chi connectivity index (χ1v) is 12.1. The second kappa shape index (κ2) is 9.49. The van der Waals surface area contributed by atoms with E-state index in [0.717, 1.165) is 42.3 Å². The minimum Gasteiger partial charge on any atom is -0.474 e. The summed E-state index contributed by atoms with van der Waals surface area (Å²) in [5.41, 5.74) is 1.16. The molecule has 2 saturated heterocycles. The maximum atomic E-state index is 12.9. The number of likely N-dealkylation sites (tertiary alicyclic amines) is 1. The van der Waals surface area contributed by atoms with Gasteiger partial charge in [0.15, 0.2) is 0 Å². The molecule has 3 aliphatic rings. The van der Waals surface area contributed by atoms with E-state index in [1.165, 1.54) is 30.4 Å². The van der Waals surface area contributed by atoms with E-state index in [1.807, 2.05) is 12.1 Å². The van der Waals surface area contributed by atoms with Crippen molar-refractivity contribution in [3.8, 4) is 5.88 Å². The zero-order chi connectivity index (χ0) is 22.9. The third-order valence-corrected chi connectivity index (χ3v) is 6.93. The number of urea groups is 1. The normalized spacial score (nSPS) is 20.1. The Hall–Kier alpha value is -2.35. The standard InChI is InChI=1S/C24H26Cl2N4O3/c25-18-4-5-21(20(26)11-18)30-23(31)15-29(24(30)32)14-17-3-6-22(27-12-17)33-19-7-9-28(10-8-19)13-16-1-2-16/h3-6,11-12,16,19H,1-2,7-10,13-15H2. The number of carbonyl (C=O) groups excluding carboxylic acids is 2. The van der Waals surface area contributed by atoms with Crippen LogP contribution in [0.2, 0.25) is 10.0 Å². The molecule has 3 heterocycles.